The third kappa shape index (κ3) is 2.87. The predicted molar refractivity (Wildman–Crippen MR) is 74.3 cm³/mol. The first-order valence-electron chi connectivity index (χ1n) is 6.64. The monoisotopic (exact) mass is 274 g/mol. The fourth-order valence-electron chi connectivity index (χ4n) is 2.19. The Balaban J connectivity index is 1.87. The van der Waals surface area contributed by atoms with Crippen LogP contribution in [0, 0.1) is 0 Å². The average Bonchev–Trinajstić information content (AvgIpc) is 2.61. The minimum atomic E-state index is -0.847. The Bertz CT molecular complexity index is 537. The number of ketones is 1. The first-order valence-corrected chi connectivity index (χ1v) is 6.64. The smallest absolute Gasteiger partial charge is 0.324 e. The highest BCUT2D eigenvalue weighted by atomic mass is 16.2. The summed E-state index contributed by atoms with van der Waals surface area (Å²) in [6, 6.07) is 8.62. The third-order valence-electron chi connectivity index (χ3n) is 3.33. The van der Waals surface area contributed by atoms with Crippen molar-refractivity contribution >= 4 is 17.7 Å². The van der Waals surface area contributed by atoms with Crippen LogP contribution in [-0.2, 0) is 4.79 Å². The van der Waals surface area contributed by atoms with Gasteiger partial charge in [0.15, 0.2) is 5.78 Å². The highest BCUT2D eigenvalue weighted by Gasteiger charge is 2.43. The second kappa shape index (κ2) is 5.45. The standard InChI is InChI=1S/C15H18N2O3/c1-15(2)13(19)17(14(20)16-15)10-6-9-12(18)11-7-4-3-5-8-11/h3-5,7-8H,6,9-10H2,1-2H3,(H,16,20). The van der Waals surface area contributed by atoms with Crippen molar-refractivity contribution in [2.75, 3.05) is 6.54 Å². The minimum Gasteiger partial charge on any atom is -0.324 e. The summed E-state index contributed by atoms with van der Waals surface area (Å²) in [5.41, 5.74) is -0.189. The fourth-order valence-corrected chi connectivity index (χ4v) is 2.19. The Morgan fingerprint density at radius 3 is 2.40 bits per heavy atom. The zero-order chi connectivity index (χ0) is 14.8. The minimum absolute atomic E-state index is 0.0249. The van der Waals surface area contributed by atoms with Crippen molar-refractivity contribution in [3.05, 3.63) is 35.9 Å². The molecule has 0 spiro atoms. The molecule has 0 radical (unpaired) electrons. The number of hydrogen-bond acceptors (Lipinski definition) is 3. The normalized spacial score (nSPS) is 17.2. The van der Waals surface area contributed by atoms with Gasteiger partial charge in [-0.2, -0.15) is 0 Å². The number of nitrogens with one attached hydrogen (secondary N) is 1. The van der Waals surface area contributed by atoms with E-state index in [-0.39, 0.29) is 24.3 Å². The Morgan fingerprint density at radius 1 is 1.20 bits per heavy atom. The lowest BCUT2D eigenvalue weighted by molar-refractivity contribution is -0.130. The number of Topliss-reactive ketones (excluding diaryl/α,β-unsaturated/α-hetero) is 1. The summed E-state index contributed by atoms with van der Waals surface area (Å²) in [5.74, 6) is -0.216. The van der Waals surface area contributed by atoms with Gasteiger partial charge in [0.2, 0.25) is 0 Å². The molecule has 0 aromatic heterocycles. The molecule has 1 aromatic carbocycles. The molecule has 1 N–H and O–H groups in total. The average molecular weight is 274 g/mol. The Hall–Kier alpha value is -2.17. The molecule has 106 valence electrons. The van der Waals surface area contributed by atoms with Crippen LogP contribution < -0.4 is 5.32 Å². The molecule has 1 aliphatic heterocycles. The van der Waals surface area contributed by atoms with Crippen molar-refractivity contribution in [1.29, 1.82) is 0 Å². The summed E-state index contributed by atoms with van der Waals surface area (Å²) < 4.78 is 0. The highest BCUT2D eigenvalue weighted by molar-refractivity contribution is 6.06. The Labute approximate surface area is 118 Å². The van der Waals surface area contributed by atoms with E-state index in [2.05, 4.69) is 5.32 Å². The van der Waals surface area contributed by atoms with Crippen molar-refractivity contribution < 1.29 is 14.4 Å². The molecule has 1 saturated heterocycles. The van der Waals surface area contributed by atoms with E-state index in [1.165, 1.54) is 4.90 Å². The highest BCUT2D eigenvalue weighted by Crippen LogP contribution is 2.17. The van der Waals surface area contributed by atoms with Crippen LogP contribution in [0.3, 0.4) is 0 Å². The number of amides is 3. The fraction of sp³-hybridized carbons (Fsp3) is 0.400. The Morgan fingerprint density at radius 2 is 1.85 bits per heavy atom. The molecular weight excluding hydrogens is 256 g/mol. The molecule has 0 atom stereocenters. The molecule has 5 nitrogen and oxygen atoms in total. The number of hydrogen-bond donors (Lipinski definition) is 1. The topological polar surface area (TPSA) is 66.5 Å². The molecule has 5 heteroatoms. The molecule has 0 saturated carbocycles. The van der Waals surface area contributed by atoms with Gasteiger partial charge in [0.1, 0.15) is 5.54 Å². The van der Waals surface area contributed by atoms with Gasteiger partial charge in [-0.05, 0) is 20.3 Å². The molecule has 0 bridgehead atoms. The van der Waals surface area contributed by atoms with E-state index in [1.807, 2.05) is 18.2 Å². The van der Waals surface area contributed by atoms with Gasteiger partial charge in [0, 0.05) is 18.5 Å². The van der Waals surface area contributed by atoms with Gasteiger partial charge in [-0.1, -0.05) is 30.3 Å². The number of carbonyl (C=O) groups excluding carboxylic acids is 3. The molecule has 3 amide bonds. The maximum atomic E-state index is 11.9. The quantitative estimate of drug-likeness (QED) is 0.659. The lowest BCUT2D eigenvalue weighted by Crippen LogP contribution is -2.40. The Kier molecular flexibility index (Phi) is 3.88. The molecule has 1 aromatic rings. The zero-order valence-electron chi connectivity index (χ0n) is 11.7. The largest absolute Gasteiger partial charge is 0.325 e. The lowest BCUT2D eigenvalue weighted by atomic mass is 10.1. The molecule has 1 heterocycles. The van der Waals surface area contributed by atoms with Gasteiger partial charge in [-0.15, -0.1) is 0 Å². The number of carbonyl (C=O) groups is 3. The van der Waals surface area contributed by atoms with Gasteiger partial charge in [0.05, 0.1) is 0 Å². The molecule has 20 heavy (non-hydrogen) atoms. The van der Waals surface area contributed by atoms with E-state index in [1.54, 1.807) is 26.0 Å². The maximum Gasteiger partial charge on any atom is 0.325 e. The van der Waals surface area contributed by atoms with E-state index in [0.29, 0.717) is 18.4 Å². The van der Waals surface area contributed by atoms with Crippen molar-refractivity contribution in [3.63, 3.8) is 0 Å². The summed E-state index contributed by atoms with van der Waals surface area (Å²) in [4.78, 5) is 36.7. The van der Waals surface area contributed by atoms with Gasteiger partial charge in [0.25, 0.3) is 5.91 Å². The van der Waals surface area contributed by atoms with Crippen LogP contribution in [0.15, 0.2) is 30.3 Å². The number of rotatable bonds is 5. The predicted octanol–water partition coefficient (Wildman–Crippen LogP) is 1.98. The molecule has 0 aliphatic carbocycles. The van der Waals surface area contributed by atoms with E-state index in [0.717, 1.165) is 0 Å². The van der Waals surface area contributed by atoms with Crippen molar-refractivity contribution in [2.24, 2.45) is 0 Å². The summed E-state index contributed by atoms with van der Waals surface area (Å²) in [6.07, 6.45) is 0.796. The van der Waals surface area contributed by atoms with Gasteiger partial charge < -0.3 is 5.32 Å². The molecule has 1 fully saturated rings. The number of benzene rings is 1. The van der Waals surface area contributed by atoms with Crippen LogP contribution in [0.2, 0.25) is 0 Å². The summed E-state index contributed by atoms with van der Waals surface area (Å²) in [5, 5.41) is 2.62. The first kappa shape index (κ1) is 14.2. The summed E-state index contributed by atoms with van der Waals surface area (Å²) >= 11 is 0. The summed E-state index contributed by atoms with van der Waals surface area (Å²) in [6.45, 7) is 3.61. The second-order valence-corrected chi connectivity index (χ2v) is 5.40. The van der Waals surface area contributed by atoms with E-state index in [4.69, 9.17) is 0 Å². The van der Waals surface area contributed by atoms with Crippen LogP contribution in [0.4, 0.5) is 4.79 Å². The zero-order valence-corrected chi connectivity index (χ0v) is 11.7. The molecule has 2 rings (SSSR count). The third-order valence-corrected chi connectivity index (χ3v) is 3.33. The number of nitrogens with zero attached hydrogens (tertiary/aromatic N) is 1. The van der Waals surface area contributed by atoms with Crippen molar-refractivity contribution in [3.8, 4) is 0 Å². The van der Waals surface area contributed by atoms with Gasteiger partial charge in [-0.3, -0.25) is 14.5 Å². The van der Waals surface area contributed by atoms with Crippen molar-refractivity contribution in [1.82, 2.24) is 10.2 Å². The van der Waals surface area contributed by atoms with Crippen molar-refractivity contribution in [2.45, 2.75) is 32.2 Å². The second-order valence-electron chi connectivity index (χ2n) is 5.40. The molecule has 0 unspecified atom stereocenters. The van der Waals surface area contributed by atoms with E-state index >= 15 is 0 Å². The lowest BCUT2D eigenvalue weighted by Gasteiger charge is -2.15. The van der Waals surface area contributed by atoms with Crippen LogP contribution in [0.25, 0.3) is 0 Å². The molecule has 1 aliphatic rings. The van der Waals surface area contributed by atoms with Crippen LogP contribution in [0.5, 0.6) is 0 Å². The van der Waals surface area contributed by atoms with Gasteiger partial charge in [-0.25, -0.2) is 4.79 Å². The van der Waals surface area contributed by atoms with Crippen LogP contribution >= 0.6 is 0 Å². The first-order chi connectivity index (χ1) is 9.42. The van der Waals surface area contributed by atoms with E-state index in [9.17, 15) is 14.4 Å². The molecular formula is C15H18N2O3. The maximum absolute atomic E-state index is 11.9. The van der Waals surface area contributed by atoms with Gasteiger partial charge >= 0.3 is 6.03 Å². The number of urea groups is 1. The number of imide groups is 1. The SMILES string of the molecule is CC1(C)NC(=O)N(CCCC(=O)c2ccccc2)C1=O. The van der Waals surface area contributed by atoms with Crippen LogP contribution in [0.1, 0.15) is 37.0 Å². The van der Waals surface area contributed by atoms with Crippen LogP contribution in [-0.4, -0.2) is 34.7 Å². The summed E-state index contributed by atoms with van der Waals surface area (Å²) in [7, 11) is 0. The van der Waals surface area contributed by atoms with E-state index < -0.39 is 5.54 Å².